The first-order valence-electron chi connectivity index (χ1n) is 11.4. The molecule has 0 bridgehead atoms. The van der Waals surface area contributed by atoms with Gasteiger partial charge in [0.15, 0.2) is 17.3 Å². The van der Waals surface area contributed by atoms with Gasteiger partial charge in [-0.25, -0.2) is 5.43 Å². The van der Waals surface area contributed by atoms with Crippen LogP contribution in [0.15, 0.2) is 76.8 Å². The SMILES string of the molecule is C=CCc1cc(/C=N/NC(=O)c2cc3cc(Cl)ccc3o2)cc(OCC)c1OCc1ccc(Cl)c(Cl)c1. The highest BCUT2D eigenvalue weighted by Gasteiger charge is 2.15. The number of carbonyl (C=O) groups excluding carboxylic acids is 1. The standard InChI is InChI=1S/C28H23Cl3N2O4/c1-3-5-19-10-18(15-32-33-28(34)26-14-20-13-21(29)7-9-24(20)37-26)12-25(35-4-2)27(19)36-16-17-6-8-22(30)23(31)11-17/h3,6-15H,1,4-5,16H2,2H3,(H,33,34)/b32-15+. The summed E-state index contributed by atoms with van der Waals surface area (Å²) in [4.78, 5) is 12.5. The largest absolute Gasteiger partial charge is 0.490 e. The average Bonchev–Trinajstić information content (AvgIpc) is 3.29. The van der Waals surface area contributed by atoms with Crippen LogP contribution in [0.25, 0.3) is 11.0 Å². The van der Waals surface area contributed by atoms with Gasteiger partial charge in [0, 0.05) is 16.0 Å². The maximum Gasteiger partial charge on any atom is 0.307 e. The molecular formula is C28H23Cl3N2O4. The van der Waals surface area contributed by atoms with Crippen LogP contribution >= 0.6 is 34.8 Å². The Morgan fingerprint density at radius 1 is 1.05 bits per heavy atom. The Hall–Kier alpha value is -3.45. The lowest BCUT2D eigenvalue weighted by Crippen LogP contribution is -2.16. The zero-order valence-corrected chi connectivity index (χ0v) is 22.2. The molecule has 37 heavy (non-hydrogen) atoms. The van der Waals surface area contributed by atoms with E-state index in [0.29, 0.717) is 50.7 Å². The van der Waals surface area contributed by atoms with E-state index in [0.717, 1.165) is 16.5 Å². The van der Waals surface area contributed by atoms with Gasteiger partial charge in [0.25, 0.3) is 0 Å². The topological polar surface area (TPSA) is 73.1 Å². The van der Waals surface area contributed by atoms with E-state index in [2.05, 4.69) is 17.1 Å². The van der Waals surface area contributed by atoms with Gasteiger partial charge in [0.05, 0.1) is 22.9 Å². The normalized spacial score (nSPS) is 11.1. The molecule has 1 amide bonds. The zero-order valence-electron chi connectivity index (χ0n) is 19.9. The predicted octanol–water partition coefficient (Wildman–Crippen LogP) is 7.86. The fourth-order valence-electron chi connectivity index (χ4n) is 3.62. The summed E-state index contributed by atoms with van der Waals surface area (Å²) >= 11 is 18.2. The first kappa shape index (κ1) is 26.6. The molecule has 6 nitrogen and oxygen atoms in total. The van der Waals surface area contributed by atoms with Crippen molar-refractivity contribution in [2.75, 3.05) is 6.61 Å². The molecule has 1 heterocycles. The van der Waals surface area contributed by atoms with E-state index >= 15 is 0 Å². The first-order chi connectivity index (χ1) is 17.9. The second-order valence-corrected chi connectivity index (χ2v) is 9.21. The first-order valence-corrected chi connectivity index (χ1v) is 12.5. The molecule has 4 rings (SSSR count). The number of allylic oxidation sites excluding steroid dienone is 1. The van der Waals surface area contributed by atoms with E-state index in [1.165, 1.54) is 6.21 Å². The Kier molecular flexibility index (Phi) is 8.77. The highest BCUT2D eigenvalue weighted by atomic mass is 35.5. The van der Waals surface area contributed by atoms with Gasteiger partial charge in [-0.1, -0.05) is 46.9 Å². The highest BCUT2D eigenvalue weighted by molar-refractivity contribution is 6.42. The average molecular weight is 558 g/mol. The number of halogens is 3. The summed E-state index contributed by atoms with van der Waals surface area (Å²) in [6.45, 7) is 6.44. The van der Waals surface area contributed by atoms with Crippen LogP contribution in [-0.4, -0.2) is 18.7 Å². The Bertz CT molecular complexity index is 1480. The Balaban J connectivity index is 1.53. The van der Waals surface area contributed by atoms with Crippen LogP contribution < -0.4 is 14.9 Å². The number of benzene rings is 3. The Labute approximate surface area is 229 Å². The number of hydrazone groups is 1. The fourth-order valence-corrected chi connectivity index (χ4v) is 4.12. The van der Waals surface area contributed by atoms with Crippen molar-refractivity contribution >= 4 is 57.9 Å². The van der Waals surface area contributed by atoms with Crippen molar-refractivity contribution in [3.63, 3.8) is 0 Å². The van der Waals surface area contributed by atoms with Gasteiger partial charge in [-0.3, -0.25) is 4.79 Å². The molecular weight excluding hydrogens is 535 g/mol. The van der Waals surface area contributed by atoms with E-state index in [9.17, 15) is 4.79 Å². The van der Waals surface area contributed by atoms with Gasteiger partial charge in [-0.15, -0.1) is 6.58 Å². The van der Waals surface area contributed by atoms with E-state index in [4.69, 9.17) is 48.7 Å². The van der Waals surface area contributed by atoms with Gasteiger partial charge in [-0.2, -0.15) is 5.10 Å². The van der Waals surface area contributed by atoms with E-state index in [-0.39, 0.29) is 12.4 Å². The molecule has 0 fully saturated rings. The summed E-state index contributed by atoms with van der Waals surface area (Å²) in [6.07, 6.45) is 3.83. The van der Waals surface area contributed by atoms with Crippen molar-refractivity contribution in [2.45, 2.75) is 20.0 Å². The zero-order chi connectivity index (χ0) is 26.4. The van der Waals surface area contributed by atoms with Crippen molar-refractivity contribution in [3.8, 4) is 11.5 Å². The van der Waals surface area contributed by atoms with Crippen LogP contribution in [0, 0.1) is 0 Å². The third-order valence-corrected chi connectivity index (χ3v) is 6.24. The summed E-state index contributed by atoms with van der Waals surface area (Å²) in [6, 6.07) is 15.8. The second kappa shape index (κ2) is 12.2. The van der Waals surface area contributed by atoms with Gasteiger partial charge >= 0.3 is 5.91 Å². The number of hydrogen-bond donors (Lipinski definition) is 1. The molecule has 0 aliphatic heterocycles. The van der Waals surface area contributed by atoms with Crippen molar-refractivity contribution in [1.29, 1.82) is 0 Å². The second-order valence-electron chi connectivity index (χ2n) is 7.96. The number of carbonyl (C=O) groups is 1. The highest BCUT2D eigenvalue weighted by Crippen LogP contribution is 2.35. The number of rotatable bonds is 10. The number of amides is 1. The van der Waals surface area contributed by atoms with E-state index in [1.54, 1.807) is 48.5 Å². The lowest BCUT2D eigenvalue weighted by atomic mass is 10.1. The van der Waals surface area contributed by atoms with Crippen LogP contribution in [0.4, 0.5) is 0 Å². The van der Waals surface area contributed by atoms with Crippen molar-refractivity contribution in [2.24, 2.45) is 5.10 Å². The molecule has 0 saturated heterocycles. The molecule has 190 valence electrons. The van der Waals surface area contributed by atoms with Gasteiger partial charge in [0.1, 0.15) is 12.2 Å². The summed E-state index contributed by atoms with van der Waals surface area (Å²) in [5.74, 6) is 0.781. The Morgan fingerprint density at radius 2 is 1.89 bits per heavy atom. The lowest BCUT2D eigenvalue weighted by molar-refractivity contribution is 0.0929. The van der Waals surface area contributed by atoms with Crippen LogP contribution in [0.5, 0.6) is 11.5 Å². The number of furan rings is 1. The monoisotopic (exact) mass is 556 g/mol. The minimum Gasteiger partial charge on any atom is -0.490 e. The molecule has 0 aliphatic carbocycles. The molecule has 0 saturated carbocycles. The fraction of sp³-hybridized carbons (Fsp3) is 0.143. The minimum absolute atomic E-state index is 0.128. The molecule has 0 aliphatic rings. The molecule has 1 N–H and O–H groups in total. The van der Waals surface area contributed by atoms with Gasteiger partial charge in [0.2, 0.25) is 0 Å². The van der Waals surface area contributed by atoms with Crippen LogP contribution in [0.1, 0.15) is 34.2 Å². The summed E-state index contributed by atoms with van der Waals surface area (Å²) in [5.41, 5.74) is 5.47. The van der Waals surface area contributed by atoms with Crippen LogP contribution in [0.2, 0.25) is 15.1 Å². The van der Waals surface area contributed by atoms with E-state index in [1.807, 2.05) is 19.1 Å². The van der Waals surface area contributed by atoms with Crippen LogP contribution in [0.3, 0.4) is 0 Å². The van der Waals surface area contributed by atoms with Crippen LogP contribution in [-0.2, 0) is 13.0 Å². The molecule has 0 unspecified atom stereocenters. The predicted molar refractivity (Wildman–Crippen MR) is 149 cm³/mol. The maximum absolute atomic E-state index is 12.5. The van der Waals surface area contributed by atoms with E-state index < -0.39 is 5.91 Å². The van der Waals surface area contributed by atoms with Gasteiger partial charge < -0.3 is 13.9 Å². The third-order valence-electron chi connectivity index (χ3n) is 5.27. The molecule has 9 heteroatoms. The Morgan fingerprint density at radius 3 is 2.65 bits per heavy atom. The molecule has 4 aromatic rings. The summed E-state index contributed by atoms with van der Waals surface area (Å²) in [7, 11) is 0. The number of nitrogens with one attached hydrogen (secondary N) is 1. The molecule has 3 aromatic carbocycles. The molecule has 1 aromatic heterocycles. The van der Waals surface area contributed by atoms with Crippen molar-refractivity contribution in [3.05, 3.63) is 105 Å². The third kappa shape index (κ3) is 6.66. The number of ether oxygens (including phenoxy) is 2. The number of nitrogens with zero attached hydrogens (tertiary/aromatic N) is 1. The number of fused-ring (bicyclic) bond motifs is 1. The maximum atomic E-state index is 12.5. The molecule has 0 radical (unpaired) electrons. The lowest BCUT2D eigenvalue weighted by Gasteiger charge is -2.17. The quantitative estimate of drug-likeness (QED) is 0.122. The minimum atomic E-state index is -0.485. The number of hydrogen-bond acceptors (Lipinski definition) is 5. The summed E-state index contributed by atoms with van der Waals surface area (Å²) in [5, 5.41) is 6.32. The smallest absolute Gasteiger partial charge is 0.307 e. The molecule has 0 atom stereocenters. The van der Waals surface area contributed by atoms with Gasteiger partial charge in [-0.05, 0) is 73.0 Å². The van der Waals surface area contributed by atoms with Crippen molar-refractivity contribution < 1.29 is 18.7 Å². The van der Waals surface area contributed by atoms with Crippen molar-refractivity contribution in [1.82, 2.24) is 5.43 Å². The summed E-state index contributed by atoms with van der Waals surface area (Å²) < 4.78 is 17.6. The molecule has 0 spiro atoms.